The molecule has 0 spiro atoms. The molecule has 1 aliphatic heterocycles. The molecule has 142 valence electrons. The molecule has 1 rings (SSSR count). The van der Waals surface area contributed by atoms with Crippen LogP contribution in [0.3, 0.4) is 0 Å². The van der Waals surface area contributed by atoms with E-state index >= 15 is 0 Å². The average molecular weight is 363 g/mol. The van der Waals surface area contributed by atoms with Crippen molar-refractivity contribution in [3.8, 4) is 0 Å². The predicted molar refractivity (Wildman–Crippen MR) is 77.2 cm³/mol. The van der Waals surface area contributed by atoms with Crippen molar-refractivity contribution in [1.82, 2.24) is 0 Å². The number of hydrogen-bond donors (Lipinski definition) is 1. The zero-order chi connectivity index (χ0) is 19.1. The second kappa shape index (κ2) is 9.30. The van der Waals surface area contributed by atoms with Gasteiger partial charge in [-0.25, -0.2) is 5.90 Å². The highest BCUT2D eigenvalue weighted by Gasteiger charge is 2.52. The van der Waals surface area contributed by atoms with Crippen LogP contribution in [-0.2, 0) is 47.7 Å². The summed E-state index contributed by atoms with van der Waals surface area (Å²) >= 11 is 0. The first-order valence-electron chi connectivity index (χ1n) is 7.31. The zero-order valence-electron chi connectivity index (χ0n) is 14.3. The van der Waals surface area contributed by atoms with E-state index in [-0.39, 0.29) is 6.61 Å². The van der Waals surface area contributed by atoms with Crippen molar-refractivity contribution in [1.29, 1.82) is 0 Å². The Morgan fingerprint density at radius 2 is 1.28 bits per heavy atom. The lowest BCUT2D eigenvalue weighted by atomic mass is 9.98. The van der Waals surface area contributed by atoms with E-state index in [4.69, 9.17) is 29.6 Å². The molecule has 1 fully saturated rings. The molecule has 0 bridgehead atoms. The van der Waals surface area contributed by atoms with E-state index in [1.54, 1.807) is 0 Å². The lowest BCUT2D eigenvalue weighted by Gasteiger charge is -2.43. The summed E-state index contributed by atoms with van der Waals surface area (Å²) in [6, 6.07) is 0. The average Bonchev–Trinajstić information content (AvgIpc) is 2.48. The van der Waals surface area contributed by atoms with Crippen LogP contribution in [0, 0.1) is 0 Å². The summed E-state index contributed by atoms with van der Waals surface area (Å²) in [5, 5.41) is 0. The molecule has 0 saturated carbocycles. The Morgan fingerprint density at radius 1 is 0.800 bits per heavy atom. The van der Waals surface area contributed by atoms with Gasteiger partial charge in [0, 0.05) is 27.7 Å². The van der Waals surface area contributed by atoms with Crippen molar-refractivity contribution in [2.24, 2.45) is 5.90 Å². The van der Waals surface area contributed by atoms with Gasteiger partial charge in [0.25, 0.3) is 0 Å². The highest BCUT2D eigenvalue weighted by Crippen LogP contribution is 2.29. The third kappa shape index (κ3) is 6.29. The first-order valence-corrected chi connectivity index (χ1v) is 7.31. The zero-order valence-corrected chi connectivity index (χ0v) is 14.3. The van der Waals surface area contributed by atoms with Crippen molar-refractivity contribution in [3.63, 3.8) is 0 Å². The Balaban J connectivity index is 3.18. The second-order valence-corrected chi connectivity index (χ2v) is 5.20. The van der Waals surface area contributed by atoms with Crippen LogP contribution in [0.1, 0.15) is 27.7 Å². The standard InChI is InChI=1S/C14H21NO10/c1-6(16)20-5-10-11(21-7(2)17)12(22-8(3)18)13(23-9(4)19)14(24-10)25-15/h10-14H,5,15H2,1-4H3/t10?,11-,12?,13+,14+/m1/s1. The van der Waals surface area contributed by atoms with Crippen molar-refractivity contribution < 1.29 is 47.7 Å². The van der Waals surface area contributed by atoms with Gasteiger partial charge in [-0.2, -0.15) is 0 Å². The molecule has 0 aromatic carbocycles. The monoisotopic (exact) mass is 363 g/mol. The Hall–Kier alpha value is -2.24. The minimum Gasteiger partial charge on any atom is -0.463 e. The molecular formula is C14H21NO10. The highest BCUT2D eigenvalue weighted by molar-refractivity contribution is 5.68. The summed E-state index contributed by atoms with van der Waals surface area (Å²) in [4.78, 5) is 49.9. The van der Waals surface area contributed by atoms with Gasteiger partial charge < -0.3 is 23.7 Å². The second-order valence-electron chi connectivity index (χ2n) is 5.20. The number of carbonyl (C=O) groups excluding carboxylic acids is 4. The van der Waals surface area contributed by atoms with Crippen molar-refractivity contribution in [3.05, 3.63) is 0 Å². The third-order valence-electron chi connectivity index (χ3n) is 3.08. The largest absolute Gasteiger partial charge is 0.463 e. The van der Waals surface area contributed by atoms with Gasteiger partial charge in [0.15, 0.2) is 18.3 Å². The lowest BCUT2D eigenvalue weighted by molar-refractivity contribution is -0.309. The van der Waals surface area contributed by atoms with Crippen LogP contribution in [0.4, 0.5) is 0 Å². The molecule has 0 aliphatic carbocycles. The maximum atomic E-state index is 11.4. The number of ether oxygens (including phenoxy) is 5. The lowest BCUT2D eigenvalue weighted by Crippen LogP contribution is -2.63. The molecule has 0 aromatic rings. The molecule has 11 nitrogen and oxygen atoms in total. The Labute approximate surface area is 143 Å². The van der Waals surface area contributed by atoms with E-state index in [0.717, 1.165) is 20.8 Å². The van der Waals surface area contributed by atoms with Gasteiger partial charge in [-0.05, 0) is 0 Å². The summed E-state index contributed by atoms with van der Waals surface area (Å²) in [7, 11) is 0. The molecule has 5 atom stereocenters. The van der Waals surface area contributed by atoms with E-state index in [2.05, 4.69) is 4.84 Å². The summed E-state index contributed by atoms with van der Waals surface area (Å²) < 4.78 is 25.6. The normalized spacial score (nSPS) is 28.6. The molecule has 11 heteroatoms. The summed E-state index contributed by atoms with van der Waals surface area (Å²) in [6.45, 7) is 4.19. The Morgan fingerprint density at radius 3 is 1.72 bits per heavy atom. The number of esters is 4. The molecule has 0 aromatic heterocycles. The molecule has 2 unspecified atom stereocenters. The molecular weight excluding hydrogens is 342 g/mol. The van der Waals surface area contributed by atoms with E-state index in [1.807, 2.05) is 0 Å². The quantitative estimate of drug-likeness (QED) is 0.350. The van der Waals surface area contributed by atoms with Gasteiger partial charge in [-0.3, -0.25) is 24.0 Å². The number of nitrogens with two attached hydrogens (primary N) is 1. The molecule has 2 N–H and O–H groups in total. The van der Waals surface area contributed by atoms with Gasteiger partial charge in [0.05, 0.1) is 0 Å². The Bertz CT molecular complexity index is 522. The van der Waals surface area contributed by atoms with Gasteiger partial charge in [-0.15, -0.1) is 0 Å². The molecule has 0 amide bonds. The summed E-state index contributed by atoms with van der Waals surface area (Å²) in [6.07, 6.45) is -6.23. The smallest absolute Gasteiger partial charge is 0.303 e. The van der Waals surface area contributed by atoms with Crippen LogP contribution >= 0.6 is 0 Å². The Kier molecular flexibility index (Phi) is 7.74. The number of rotatable bonds is 6. The van der Waals surface area contributed by atoms with E-state index in [0.29, 0.717) is 0 Å². The summed E-state index contributed by atoms with van der Waals surface area (Å²) in [5.74, 6) is 2.37. The van der Waals surface area contributed by atoms with Crippen LogP contribution in [0.25, 0.3) is 0 Å². The first-order chi connectivity index (χ1) is 11.6. The third-order valence-corrected chi connectivity index (χ3v) is 3.08. The number of carbonyl (C=O) groups is 4. The fraction of sp³-hybridized carbons (Fsp3) is 0.714. The maximum Gasteiger partial charge on any atom is 0.303 e. The van der Waals surface area contributed by atoms with Gasteiger partial charge >= 0.3 is 23.9 Å². The molecule has 1 aliphatic rings. The van der Waals surface area contributed by atoms with Gasteiger partial charge in [-0.1, -0.05) is 0 Å². The van der Waals surface area contributed by atoms with Gasteiger partial charge in [0.1, 0.15) is 12.7 Å². The van der Waals surface area contributed by atoms with Crippen LogP contribution < -0.4 is 5.90 Å². The van der Waals surface area contributed by atoms with E-state index in [9.17, 15) is 19.2 Å². The first kappa shape index (κ1) is 20.8. The predicted octanol–water partition coefficient (Wildman–Crippen LogP) is -1.04. The topological polar surface area (TPSA) is 150 Å². The van der Waals surface area contributed by atoms with Crippen LogP contribution in [0.5, 0.6) is 0 Å². The minimum atomic E-state index is -1.35. The maximum absolute atomic E-state index is 11.4. The minimum absolute atomic E-state index is 0.336. The SMILES string of the molecule is CC(=O)OCC1O[C@@H](ON)[C@@H](OC(C)=O)C(OC(C)=O)[C@@H]1OC(C)=O. The van der Waals surface area contributed by atoms with Gasteiger partial charge in [0.2, 0.25) is 6.29 Å². The van der Waals surface area contributed by atoms with Crippen molar-refractivity contribution >= 4 is 23.9 Å². The molecule has 1 heterocycles. The van der Waals surface area contributed by atoms with E-state index in [1.165, 1.54) is 6.92 Å². The van der Waals surface area contributed by atoms with E-state index < -0.39 is 54.6 Å². The molecule has 1 saturated heterocycles. The molecule has 25 heavy (non-hydrogen) atoms. The summed E-state index contributed by atoms with van der Waals surface area (Å²) in [5.41, 5.74) is 0. The fourth-order valence-electron chi connectivity index (χ4n) is 2.30. The highest BCUT2D eigenvalue weighted by atomic mass is 16.8. The van der Waals surface area contributed by atoms with Crippen molar-refractivity contribution in [2.45, 2.75) is 58.4 Å². The molecule has 0 radical (unpaired) electrons. The fourth-order valence-corrected chi connectivity index (χ4v) is 2.30. The number of hydrogen-bond acceptors (Lipinski definition) is 11. The van der Waals surface area contributed by atoms with Crippen molar-refractivity contribution in [2.75, 3.05) is 6.61 Å². The van der Waals surface area contributed by atoms with Crippen LogP contribution in [0.15, 0.2) is 0 Å². The van der Waals surface area contributed by atoms with Crippen LogP contribution in [0.2, 0.25) is 0 Å². The van der Waals surface area contributed by atoms with Crippen LogP contribution in [-0.4, -0.2) is 61.2 Å².